The number of hydrazine groups is 1. The van der Waals surface area contributed by atoms with Gasteiger partial charge < -0.3 is 15.5 Å². The Balaban J connectivity index is 2.24. The molecule has 0 saturated carbocycles. The largest absolute Gasteiger partial charge is 0.361 e. The van der Waals surface area contributed by atoms with Gasteiger partial charge in [0.25, 0.3) is 0 Å². The van der Waals surface area contributed by atoms with E-state index in [1.165, 1.54) is 11.1 Å². The van der Waals surface area contributed by atoms with Crippen LogP contribution in [-0.4, -0.2) is 42.3 Å². The van der Waals surface area contributed by atoms with E-state index < -0.39 is 0 Å². The quantitative estimate of drug-likeness (QED) is 0.371. The maximum atomic E-state index is 5.22. The minimum Gasteiger partial charge on any atom is -0.361 e. The predicted molar refractivity (Wildman–Crippen MR) is 102 cm³/mol. The molecular formula is C15H25N5S2. The first kappa shape index (κ1) is 18.6. The highest BCUT2D eigenvalue weighted by Crippen LogP contribution is 2.13. The maximum absolute atomic E-state index is 5.22. The number of hydrogen-bond acceptors (Lipinski definition) is 3. The SMILES string of the molecule is Cc1ccc(NC(=S)NNC(=S)NCCCN(C)C)cc1C. The van der Waals surface area contributed by atoms with Gasteiger partial charge in [-0.15, -0.1) is 0 Å². The molecule has 22 heavy (non-hydrogen) atoms. The third-order valence-corrected chi connectivity index (χ3v) is 3.57. The number of anilines is 1. The normalized spacial score (nSPS) is 10.2. The highest BCUT2D eigenvalue weighted by Gasteiger charge is 2.00. The smallest absolute Gasteiger partial charge is 0.189 e. The molecule has 5 nitrogen and oxygen atoms in total. The van der Waals surface area contributed by atoms with E-state index in [1.807, 2.05) is 6.07 Å². The first-order chi connectivity index (χ1) is 10.4. The van der Waals surface area contributed by atoms with Gasteiger partial charge in [-0.3, -0.25) is 10.9 Å². The van der Waals surface area contributed by atoms with Crippen molar-refractivity contribution < 1.29 is 0 Å². The molecule has 0 aromatic heterocycles. The average Bonchev–Trinajstić information content (AvgIpc) is 2.45. The van der Waals surface area contributed by atoms with Crippen LogP contribution in [0.5, 0.6) is 0 Å². The number of nitrogens with one attached hydrogen (secondary N) is 4. The predicted octanol–water partition coefficient (Wildman–Crippen LogP) is 1.92. The molecule has 0 saturated heterocycles. The lowest BCUT2D eigenvalue weighted by atomic mass is 10.1. The van der Waals surface area contributed by atoms with Crippen molar-refractivity contribution in [2.24, 2.45) is 0 Å². The van der Waals surface area contributed by atoms with E-state index in [9.17, 15) is 0 Å². The molecule has 0 spiro atoms. The molecule has 0 fully saturated rings. The summed E-state index contributed by atoms with van der Waals surface area (Å²) in [6.45, 7) is 6.00. The summed E-state index contributed by atoms with van der Waals surface area (Å²) < 4.78 is 0. The zero-order chi connectivity index (χ0) is 16.5. The van der Waals surface area contributed by atoms with Crippen molar-refractivity contribution >= 4 is 40.3 Å². The summed E-state index contributed by atoms with van der Waals surface area (Å²) in [5, 5.41) is 7.23. The number of nitrogens with zero attached hydrogens (tertiary/aromatic N) is 1. The Bertz CT molecular complexity index is 517. The van der Waals surface area contributed by atoms with Crippen molar-refractivity contribution in [3.8, 4) is 0 Å². The van der Waals surface area contributed by atoms with E-state index in [0.717, 1.165) is 25.2 Å². The molecule has 0 aliphatic carbocycles. The summed E-state index contributed by atoms with van der Waals surface area (Å²) in [4.78, 5) is 2.14. The van der Waals surface area contributed by atoms with E-state index >= 15 is 0 Å². The van der Waals surface area contributed by atoms with Crippen molar-refractivity contribution in [2.75, 3.05) is 32.5 Å². The molecule has 0 aliphatic heterocycles. The molecule has 0 unspecified atom stereocenters. The number of thiocarbonyl (C=S) groups is 2. The highest BCUT2D eigenvalue weighted by molar-refractivity contribution is 7.80. The molecule has 1 aromatic rings. The Hall–Kier alpha value is -1.44. The van der Waals surface area contributed by atoms with Crippen molar-refractivity contribution in [3.63, 3.8) is 0 Å². The van der Waals surface area contributed by atoms with E-state index in [2.05, 4.69) is 66.5 Å². The monoisotopic (exact) mass is 339 g/mol. The standard InChI is InChI=1S/C15H25N5S2/c1-11-6-7-13(10-12(11)2)17-15(22)19-18-14(21)16-8-5-9-20(3)4/h6-7,10H,5,8-9H2,1-4H3,(H2,16,18,21)(H2,17,19,22). The highest BCUT2D eigenvalue weighted by atomic mass is 32.1. The van der Waals surface area contributed by atoms with Crippen LogP contribution in [0, 0.1) is 13.8 Å². The Morgan fingerprint density at radius 1 is 1.05 bits per heavy atom. The summed E-state index contributed by atoms with van der Waals surface area (Å²) in [5.41, 5.74) is 9.17. The molecule has 1 aromatic carbocycles. The van der Waals surface area contributed by atoms with Crippen LogP contribution in [0.15, 0.2) is 18.2 Å². The van der Waals surface area contributed by atoms with Gasteiger partial charge in [0.1, 0.15) is 0 Å². The molecule has 122 valence electrons. The van der Waals surface area contributed by atoms with Crippen LogP contribution < -0.4 is 21.5 Å². The lowest BCUT2D eigenvalue weighted by molar-refractivity contribution is 0.400. The average molecular weight is 340 g/mol. The van der Waals surface area contributed by atoms with Gasteiger partial charge >= 0.3 is 0 Å². The van der Waals surface area contributed by atoms with E-state index in [-0.39, 0.29) is 0 Å². The first-order valence-corrected chi connectivity index (χ1v) is 8.03. The van der Waals surface area contributed by atoms with Crippen molar-refractivity contribution in [1.82, 2.24) is 21.1 Å². The summed E-state index contributed by atoms with van der Waals surface area (Å²) in [6.07, 6.45) is 1.03. The lowest BCUT2D eigenvalue weighted by Crippen LogP contribution is -2.48. The summed E-state index contributed by atoms with van der Waals surface area (Å²) in [6, 6.07) is 6.11. The van der Waals surface area contributed by atoms with Crippen LogP contribution in [0.4, 0.5) is 5.69 Å². The molecule has 7 heteroatoms. The second kappa shape index (κ2) is 9.55. The van der Waals surface area contributed by atoms with Gasteiger partial charge in [-0.2, -0.15) is 0 Å². The van der Waals surface area contributed by atoms with Crippen molar-refractivity contribution in [2.45, 2.75) is 20.3 Å². The fourth-order valence-corrected chi connectivity index (χ4v) is 2.06. The minimum atomic E-state index is 0.473. The number of rotatable bonds is 5. The first-order valence-electron chi connectivity index (χ1n) is 7.21. The molecular weight excluding hydrogens is 314 g/mol. The van der Waals surface area contributed by atoms with Crippen molar-refractivity contribution in [1.29, 1.82) is 0 Å². The van der Waals surface area contributed by atoms with Crippen LogP contribution in [0.1, 0.15) is 17.5 Å². The van der Waals surface area contributed by atoms with Gasteiger partial charge in [0.05, 0.1) is 0 Å². The minimum absolute atomic E-state index is 0.473. The van der Waals surface area contributed by atoms with Gasteiger partial charge in [-0.05, 0) is 88.6 Å². The Kier molecular flexibility index (Phi) is 8.08. The fraction of sp³-hybridized carbons (Fsp3) is 0.467. The summed E-state index contributed by atoms with van der Waals surface area (Å²) in [7, 11) is 4.10. The van der Waals surface area contributed by atoms with Gasteiger partial charge in [0.2, 0.25) is 0 Å². The van der Waals surface area contributed by atoms with E-state index in [4.69, 9.17) is 24.4 Å². The summed E-state index contributed by atoms with van der Waals surface area (Å²) in [5.74, 6) is 0. The maximum Gasteiger partial charge on any atom is 0.189 e. The Morgan fingerprint density at radius 2 is 1.73 bits per heavy atom. The molecule has 0 aliphatic rings. The Labute approximate surface area is 143 Å². The number of hydrogen-bond donors (Lipinski definition) is 4. The van der Waals surface area contributed by atoms with Crippen LogP contribution in [0.25, 0.3) is 0 Å². The van der Waals surface area contributed by atoms with E-state index in [1.54, 1.807) is 0 Å². The van der Waals surface area contributed by atoms with Crippen LogP contribution >= 0.6 is 24.4 Å². The molecule has 0 atom stereocenters. The molecule has 0 heterocycles. The zero-order valence-electron chi connectivity index (χ0n) is 13.6. The van der Waals surface area contributed by atoms with E-state index in [0.29, 0.717) is 10.2 Å². The molecule has 0 bridgehead atoms. The topological polar surface area (TPSA) is 51.4 Å². The van der Waals surface area contributed by atoms with Gasteiger partial charge in [0.15, 0.2) is 10.2 Å². The molecule has 4 N–H and O–H groups in total. The van der Waals surface area contributed by atoms with Gasteiger partial charge in [0, 0.05) is 12.2 Å². The number of benzene rings is 1. The third kappa shape index (κ3) is 7.53. The molecule has 0 amide bonds. The van der Waals surface area contributed by atoms with Crippen molar-refractivity contribution in [3.05, 3.63) is 29.3 Å². The Morgan fingerprint density at radius 3 is 2.36 bits per heavy atom. The number of aryl methyl sites for hydroxylation is 2. The van der Waals surface area contributed by atoms with Crippen LogP contribution in [0.2, 0.25) is 0 Å². The van der Waals surface area contributed by atoms with Crippen LogP contribution in [-0.2, 0) is 0 Å². The lowest BCUT2D eigenvalue weighted by Gasteiger charge is -2.15. The zero-order valence-corrected chi connectivity index (χ0v) is 15.3. The second-order valence-corrected chi connectivity index (χ2v) is 6.23. The van der Waals surface area contributed by atoms with Gasteiger partial charge in [-0.25, -0.2) is 0 Å². The third-order valence-electron chi connectivity index (χ3n) is 3.12. The second-order valence-electron chi connectivity index (χ2n) is 5.42. The van der Waals surface area contributed by atoms with Crippen LogP contribution in [0.3, 0.4) is 0 Å². The molecule has 1 rings (SSSR count). The fourth-order valence-electron chi connectivity index (χ4n) is 1.74. The molecule has 0 radical (unpaired) electrons. The summed E-state index contributed by atoms with van der Waals surface area (Å²) >= 11 is 10.4. The van der Waals surface area contributed by atoms with Gasteiger partial charge in [-0.1, -0.05) is 6.07 Å².